The van der Waals surface area contributed by atoms with Crippen molar-refractivity contribution in [3.05, 3.63) is 76.0 Å². The summed E-state index contributed by atoms with van der Waals surface area (Å²) in [5, 5.41) is 15.6. The van der Waals surface area contributed by atoms with Gasteiger partial charge in [0.15, 0.2) is 5.75 Å². The molecule has 0 N–H and O–H groups in total. The van der Waals surface area contributed by atoms with E-state index < -0.39 is 4.92 Å². The molecule has 0 atom stereocenters. The van der Waals surface area contributed by atoms with Crippen LogP contribution >= 0.6 is 0 Å². The third-order valence-electron chi connectivity index (χ3n) is 6.27. The van der Waals surface area contributed by atoms with E-state index in [1.54, 1.807) is 17.1 Å². The maximum Gasteiger partial charge on any atom is 0.311 e. The normalized spacial score (nSPS) is 13.8. The SMILES string of the molecule is CCCOc1ccc(-c2cc(-c3ccccc3)nc(C)c2C(=O)N(CC)N2CCOCC2)cc1[N+](=O)[O-]. The van der Waals surface area contributed by atoms with Gasteiger partial charge < -0.3 is 9.47 Å². The largest absolute Gasteiger partial charge is 0.487 e. The zero-order valence-electron chi connectivity index (χ0n) is 21.5. The fourth-order valence-electron chi connectivity index (χ4n) is 4.48. The van der Waals surface area contributed by atoms with Crippen molar-refractivity contribution in [2.24, 2.45) is 0 Å². The Labute approximate surface area is 216 Å². The first-order valence-electron chi connectivity index (χ1n) is 12.6. The molecule has 1 saturated heterocycles. The second kappa shape index (κ2) is 11.9. The highest BCUT2D eigenvalue weighted by Crippen LogP contribution is 2.37. The van der Waals surface area contributed by atoms with Gasteiger partial charge in [-0.2, -0.15) is 0 Å². The number of pyridine rings is 1. The molecule has 0 saturated carbocycles. The van der Waals surface area contributed by atoms with Crippen LogP contribution in [0, 0.1) is 17.0 Å². The molecule has 0 aliphatic carbocycles. The van der Waals surface area contributed by atoms with Crippen molar-refractivity contribution in [3.8, 4) is 28.1 Å². The van der Waals surface area contributed by atoms with Crippen molar-refractivity contribution in [1.82, 2.24) is 15.0 Å². The number of morpholine rings is 1. The number of hydrogen-bond donors (Lipinski definition) is 0. The summed E-state index contributed by atoms with van der Waals surface area (Å²) in [6.45, 7) is 8.85. The van der Waals surface area contributed by atoms with Crippen LogP contribution in [0.3, 0.4) is 0 Å². The van der Waals surface area contributed by atoms with Crippen LogP contribution in [0.2, 0.25) is 0 Å². The number of carbonyl (C=O) groups excluding carboxylic acids is 1. The van der Waals surface area contributed by atoms with Crippen LogP contribution in [-0.4, -0.2) is 65.3 Å². The van der Waals surface area contributed by atoms with E-state index in [0.717, 1.165) is 12.0 Å². The van der Waals surface area contributed by atoms with Crippen molar-refractivity contribution in [2.75, 3.05) is 39.5 Å². The minimum absolute atomic E-state index is 0.138. The number of nitrogens with zero attached hydrogens (tertiary/aromatic N) is 4. The van der Waals surface area contributed by atoms with E-state index in [1.165, 1.54) is 6.07 Å². The average molecular weight is 505 g/mol. The van der Waals surface area contributed by atoms with Crippen LogP contribution in [0.1, 0.15) is 36.3 Å². The summed E-state index contributed by atoms with van der Waals surface area (Å²) in [7, 11) is 0. The Bertz CT molecular complexity index is 1260. The number of carbonyl (C=O) groups is 1. The predicted molar refractivity (Wildman–Crippen MR) is 141 cm³/mol. The molecule has 9 heteroatoms. The third kappa shape index (κ3) is 5.79. The lowest BCUT2D eigenvalue weighted by molar-refractivity contribution is -0.385. The summed E-state index contributed by atoms with van der Waals surface area (Å²) in [5.74, 6) is 0.0130. The van der Waals surface area contributed by atoms with Gasteiger partial charge in [0.2, 0.25) is 0 Å². The van der Waals surface area contributed by atoms with E-state index in [0.29, 0.717) is 67.5 Å². The average Bonchev–Trinajstić information content (AvgIpc) is 2.92. The topological polar surface area (TPSA) is 98.0 Å². The fourth-order valence-corrected chi connectivity index (χ4v) is 4.48. The number of amides is 1. The minimum Gasteiger partial charge on any atom is -0.487 e. The summed E-state index contributed by atoms with van der Waals surface area (Å²) >= 11 is 0. The number of hydrogen-bond acceptors (Lipinski definition) is 7. The second-order valence-corrected chi connectivity index (χ2v) is 8.76. The van der Waals surface area contributed by atoms with E-state index >= 15 is 0 Å². The minimum atomic E-state index is -0.450. The maximum absolute atomic E-state index is 14.0. The molecular formula is C28H32N4O5. The highest BCUT2D eigenvalue weighted by atomic mass is 16.6. The van der Waals surface area contributed by atoms with Crippen LogP contribution in [0.25, 0.3) is 22.4 Å². The lowest BCUT2D eigenvalue weighted by Gasteiger charge is -2.37. The van der Waals surface area contributed by atoms with E-state index in [2.05, 4.69) is 0 Å². The quantitative estimate of drug-likeness (QED) is 0.294. The highest BCUT2D eigenvalue weighted by molar-refractivity contribution is 6.02. The summed E-state index contributed by atoms with van der Waals surface area (Å²) < 4.78 is 11.1. The number of ether oxygens (including phenoxy) is 2. The summed E-state index contributed by atoms with van der Waals surface area (Å²) in [4.78, 5) is 30.3. The molecule has 1 amide bonds. The first-order valence-corrected chi connectivity index (χ1v) is 12.6. The molecule has 3 aromatic rings. The molecular weight excluding hydrogens is 472 g/mol. The van der Waals surface area contributed by atoms with Gasteiger partial charge in [-0.1, -0.05) is 43.3 Å². The summed E-state index contributed by atoms with van der Waals surface area (Å²) in [6, 6.07) is 16.4. The zero-order valence-corrected chi connectivity index (χ0v) is 21.5. The van der Waals surface area contributed by atoms with Gasteiger partial charge in [-0.25, -0.2) is 5.01 Å². The Morgan fingerprint density at radius 3 is 2.49 bits per heavy atom. The smallest absolute Gasteiger partial charge is 0.311 e. The van der Waals surface area contributed by atoms with Crippen LogP contribution in [-0.2, 0) is 4.74 Å². The van der Waals surface area contributed by atoms with Gasteiger partial charge in [0.25, 0.3) is 5.91 Å². The molecule has 4 rings (SSSR count). The molecule has 1 aliphatic heterocycles. The Morgan fingerprint density at radius 1 is 1.11 bits per heavy atom. The molecule has 2 heterocycles. The van der Waals surface area contributed by atoms with Crippen molar-refractivity contribution in [1.29, 1.82) is 0 Å². The molecule has 1 fully saturated rings. The summed E-state index contributed by atoms with van der Waals surface area (Å²) in [6.07, 6.45) is 0.732. The molecule has 1 aromatic heterocycles. The molecule has 194 valence electrons. The number of aryl methyl sites for hydroxylation is 1. The first-order chi connectivity index (χ1) is 17.9. The Kier molecular flexibility index (Phi) is 8.47. The van der Waals surface area contributed by atoms with Crippen LogP contribution in [0.15, 0.2) is 54.6 Å². The molecule has 0 bridgehead atoms. The second-order valence-electron chi connectivity index (χ2n) is 8.76. The third-order valence-corrected chi connectivity index (χ3v) is 6.27. The summed E-state index contributed by atoms with van der Waals surface area (Å²) in [5.41, 5.74) is 3.57. The molecule has 37 heavy (non-hydrogen) atoms. The van der Waals surface area contributed by atoms with Crippen molar-refractivity contribution in [2.45, 2.75) is 27.2 Å². The number of rotatable bonds is 9. The number of aromatic nitrogens is 1. The van der Waals surface area contributed by atoms with Crippen LogP contribution in [0.5, 0.6) is 5.75 Å². The lowest BCUT2D eigenvalue weighted by Crippen LogP contribution is -2.51. The molecule has 0 unspecified atom stereocenters. The van der Waals surface area contributed by atoms with E-state index in [9.17, 15) is 14.9 Å². The van der Waals surface area contributed by atoms with Crippen molar-refractivity contribution >= 4 is 11.6 Å². The van der Waals surface area contributed by atoms with Gasteiger partial charge in [-0.05, 0) is 43.5 Å². The maximum atomic E-state index is 14.0. The zero-order chi connectivity index (χ0) is 26.4. The standard InChI is InChI=1S/C28H32N4O5/c1-4-15-37-26-12-11-22(18-25(26)32(34)35)23-19-24(21-9-7-6-8-10-21)29-20(3)27(23)28(33)31(5-2)30-13-16-36-17-14-30/h6-12,18-19H,4-5,13-17H2,1-3H3. The Morgan fingerprint density at radius 2 is 1.84 bits per heavy atom. The monoisotopic (exact) mass is 504 g/mol. The van der Waals surface area contributed by atoms with Gasteiger partial charge in [0.05, 0.1) is 41.7 Å². The Hall–Kier alpha value is -3.82. The highest BCUT2D eigenvalue weighted by Gasteiger charge is 2.29. The van der Waals surface area contributed by atoms with Gasteiger partial charge >= 0.3 is 5.69 Å². The van der Waals surface area contributed by atoms with Crippen molar-refractivity contribution < 1.29 is 19.2 Å². The van der Waals surface area contributed by atoms with Gasteiger partial charge in [0.1, 0.15) is 0 Å². The predicted octanol–water partition coefficient (Wildman–Crippen LogP) is 5.13. The van der Waals surface area contributed by atoms with E-state index in [4.69, 9.17) is 14.5 Å². The molecule has 1 aliphatic rings. The fraction of sp³-hybridized carbons (Fsp3) is 0.357. The molecule has 0 radical (unpaired) electrons. The van der Waals surface area contributed by atoms with Gasteiger partial charge in [-0.15, -0.1) is 0 Å². The van der Waals surface area contributed by atoms with Crippen LogP contribution < -0.4 is 4.74 Å². The van der Waals surface area contributed by atoms with Crippen LogP contribution in [0.4, 0.5) is 5.69 Å². The van der Waals surface area contributed by atoms with E-state index in [1.807, 2.05) is 62.2 Å². The lowest BCUT2D eigenvalue weighted by atomic mass is 9.95. The number of nitro groups is 1. The number of benzene rings is 2. The molecule has 9 nitrogen and oxygen atoms in total. The number of nitro benzene ring substituents is 1. The number of hydrazine groups is 1. The molecule has 0 spiro atoms. The first kappa shape index (κ1) is 26.2. The van der Waals surface area contributed by atoms with Crippen molar-refractivity contribution in [3.63, 3.8) is 0 Å². The Balaban J connectivity index is 1.88. The van der Waals surface area contributed by atoms with E-state index in [-0.39, 0.29) is 17.3 Å². The molecule has 2 aromatic carbocycles. The van der Waals surface area contributed by atoms with Gasteiger partial charge in [-0.3, -0.25) is 24.9 Å². The van der Waals surface area contributed by atoms with Gasteiger partial charge in [0, 0.05) is 31.3 Å².